The van der Waals surface area contributed by atoms with Gasteiger partial charge in [-0.25, -0.2) is 0 Å². The van der Waals surface area contributed by atoms with Crippen LogP contribution in [0.4, 0.5) is 0 Å². The van der Waals surface area contributed by atoms with E-state index in [1.165, 1.54) is 18.2 Å². The molecule has 6 nitrogen and oxygen atoms in total. The van der Waals surface area contributed by atoms with Crippen LogP contribution in [0.3, 0.4) is 0 Å². The van der Waals surface area contributed by atoms with Crippen molar-refractivity contribution in [3.8, 4) is 17.6 Å². The Labute approximate surface area is 139 Å². The van der Waals surface area contributed by atoms with Gasteiger partial charge in [0.15, 0.2) is 5.78 Å². The van der Waals surface area contributed by atoms with Gasteiger partial charge in [-0.05, 0) is 11.5 Å². The van der Waals surface area contributed by atoms with Crippen molar-refractivity contribution >= 4 is 5.78 Å². The standard InChI is InChI=1S/C18H18N2O4/c1-18(2)6-13(23)16-14(7-18)24-17(20)11(8-19)15(16)10-4-3-9(21)5-12(10)22/h3-5,15,21-22H,6-7,20H2,1-2H3/t15-/m1/s1. The Hall–Kier alpha value is -2.94. The zero-order valence-electron chi connectivity index (χ0n) is 13.5. The maximum Gasteiger partial charge on any atom is 0.205 e. The maximum atomic E-state index is 12.7. The third kappa shape index (κ3) is 2.48. The number of hydrogen-bond donors (Lipinski definition) is 3. The molecule has 24 heavy (non-hydrogen) atoms. The van der Waals surface area contributed by atoms with E-state index < -0.39 is 5.92 Å². The van der Waals surface area contributed by atoms with Crippen molar-refractivity contribution < 1.29 is 19.7 Å². The normalized spacial score (nSPS) is 22.7. The first-order chi connectivity index (χ1) is 11.2. The van der Waals surface area contributed by atoms with Crippen LogP contribution in [0.15, 0.2) is 41.0 Å². The minimum Gasteiger partial charge on any atom is -0.508 e. The lowest BCUT2D eigenvalue weighted by Gasteiger charge is -2.37. The van der Waals surface area contributed by atoms with E-state index in [2.05, 4.69) is 0 Å². The topological polar surface area (TPSA) is 117 Å². The first kappa shape index (κ1) is 15.9. The van der Waals surface area contributed by atoms with Crippen LogP contribution in [0.25, 0.3) is 0 Å². The highest BCUT2D eigenvalue weighted by atomic mass is 16.5. The lowest BCUT2D eigenvalue weighted by molar-refractivity contribution is -0.119. The van der Waals surface area contributed by atoms with Gasteiger partial charge in [-0.3, -0.25) is 4.79 Å². The summed E-state index contributed by atoms with van der Waals surface area (Å²) in [6.07, 6.45) is 0.839. The second-order valence-electron chi connectivity index (χ2n) is 6.95. The molecule has 1 aliphatic carbocycles. The lowest BCUT2D eigenvalue weighted by atomic mass is 9.70. The molecule has 0 unspecified atom stereocenters. The number of ether oxygens (including phenoxy) is 1. The van der Waals surface area contributed by atoms with Crippen LogP contribution in [0.1, 0.15) is 38.2 Å². The fourth-order valence-corrected chi connectivity index (χ4v) is 3.37. The number of benzene rings is 1. The third-order valence-corrected chi connectivity index (χ3v) is 4.40. The average Bonchev–Trinajstić information content (AvgIpc) is 2.44. The molecule has 4 N–H and O–H groups in total. The second-order valence-corrected chi connectivity index (χ2v) is 6.95. The third-order valence-electron chi connectivity index (χ3n) is 4.40. The number of Topliss-reactive ketones (excluding diaryl/α,β-unsaturated/α-hetero) is 1. The molecule has 0 fully saturated rings. The van der Waals surface area contributed by atoms with Crippen molar-refractivity contribution in [1.29, 1.82) is 5.26 Å². The highest BCUT2D eigenvalue weighted by Crippen LogP contribution is 2.49. The maximum absolute atomic E-state index is 12.7. The van der Waals surface area contributed by atoms with E-state index >= 15 is 0 Å². The highest BCUT2D eigenvalue weighted by Gasteiger charge is 2.43. The minimum atomic E-state index is -0.789. The highest BCUT2D eigenvalue weighted by molar-refractivity contribution is 6.00. The van der Waals surface area contributed by atoms with Gasteiger partial charge in [0.05, 0.1) is 5.92 Å². The summed E-state index contributed by atoms with van der Waals surface area (Å²) in [6.45, 7) is 3.93. The van der Waals surface area contributed by atoms with E-state index in [1.54, 1.807) is 0 Å². The van der Waals surface area contributed by atoms with Crippen molar-refractivity contribution in [3.05, 3.63) is 46.6 Å². The number of nitrogens with two attached hydrogens (primary N) is 1. The van der Waals surface area contributed by atoms with E-state index in [0.29, 0.717) is 29.7 Å². The zero-order chi connectivity index (χ0) is 17.6. The first-order valence-corrected chi connectivity index (χ1v) is 7.59. The van der Waals surface area contributed by atoms with Crippen LogP contribution in [-0.2, 0) is 9.53 Å². The lowest BCUT2D eigenvalue weighted by Crippen LogP contribution is -2.33. The molecule has 1 atom stereocenters. The molecule has 0 saturated carbocycles. The average molecular weight is 326 g/mol. The summed E-state index contributed by atoms with van der Waals surface area (Å²) >= 11 is 0. The van der Waals surface area contributed by atoms with Crippen molar-refractivity contribution in [1.82, 2.24) is 0 Å². The Kier molecular flexibility index (Phi) is 3.52. The van der Waals surface area contributed by atoms with Gasteiger partial charge in [0.25, 0.3) is 0 Å². The van der Waals surface area contributed by atoms with Crippen LogP contribution >= 0.6 is 0 Å². The largest absolute Gasteiger partial charge is 0.508 e. The molecule has 124 valence electrons. The summed E-state index contributed by atoms with van der Waals surface area (Å²) in [5, 5.41) is 29.2. The molecule has 0 saturated heterocycles. The number of carbonyl (C=O) groups is 1. The molecule has 0 aromatic heterocycles. The van der Waals surface area contributed by atoms with Crippen LogP contribution in [-0.4, -0.2) is 16.0 Å². The van der Waals surface area contributed by atoms with Gasteiger partial charge in [-0.1, -0.05) is 19.9 Å². The van der Waals surface area contributed by atoms with Crippen LogP contribution in [0.5, 0.6) is 11.5 Å². The molecule has 0 radical (unpaired) electrons. The number of carbonyl (C=O) groups excluding carboxylic acids is 1. The summed E-state index contributed by atoms with van der Waals surface area (Å²) in [7, 11) is 0. The Bertz CT molecular complexity index is 843. The van der Waals surface area contributed by atoms with Gasteiger partial charge in [0.1, 0.15) is 28.9 Å². The fourth-order valence-electron chi connectivity index (χ4n) is 3.37. The van der Waals surface area contributed by atoms with Crippen LogP contribution in [0.2, 0.25) is 0 Å². The molecule has 1 heterocycles. The Balaban J connectivity index is 2.22. The summed E-state index contributed by atoms with van der Waals surface area (Å²) in [4.78, 5) is 12.7. The number of phenolic OH excluding ortho intramolecular Hbond substituents is 2. The number of rotatable bonds is 1. The van der Waals surface area contributed by atoms with Gasteiger partial charge in [0, 0.05) is 30.0 Å². The van der Waals surface area contributed by atoms with Gasteiger partial charge in [-0.15, -0.1) is 0 Å². The van der Waals surface area contributed by atoms with Crippen molar-refractivity contribution in [3.63, 3.8) is 0 Å². The zero-order valence-corrected chi connectivity index (χ0v) is 13.5. The molecule has 0 spiro atoms. The number of allylic oxidation sites excluding steroid dienone is 3. The van der Waals surface area contributed by atoms with E-state index in [9.17, 15) is 20.3 Å². The second kappa shape index (κ2) is 5.31. The van der Waals surface area contributed by atoms with Gasteiger partial charge < -0.3 is 20.7 Å². The number of nitriles is 1. The number of aromatic hydroxyl groups is 2. The number of ketones is 1. The SMILES string of the molecule is CC1(C)CC(=O)C2=C(C1)OC(N)=C(C#N)[C@H]2c1ccc(O)cc1O. The van der Waals surface area contributed by atoms with Crippen molar-refractivity contribution in [2.75, 3.05) is 0 Å². The molecular formula is C18H18N2O4. The van der Waals surface area contributed by atoms with E-state index in [4.69, 9.17) is 10.5 Å². The van der Waals surface area contributed by atoms with E-state index in [0.717, 1.165) is 0 Å². The smallest absolute Gasteiger partial charge is 0.205 e. The summed E-state index contributed by atoms with van der Waals surface area (Å²) in [5.74, 6) is -0.831. The summed E-state index contributed by atoms with van der Waals surface area (Å²) in [6, 6.07) is 6.05. The Morgan fingerprint density at radius 1 is 1.33 bits per heavy atom. The van der Waals surface area contributed by atoms with Crippen LogP contribution < -0.4 is 5.73 Å². The molecule has 6 heteroatoms. The molecule has 1 aromatic carbocycles. The number of hydrogen-bond acceptors (Lipinski definition) is 6. The monoisotopic (exact) mass is 326 g/mol. The Morgan fingerprint density at radius 3 is 2.67 bits per heavy atom. The predicted octanol–water partition coefficient (Wildman–Crippen LogP) is 2.55. The molecule has 2 aliphatic rings. The molecule has 1 aromatic rings. The van der Waals surface area contributed by atoms with Gasteiger partial charge >= 0.3 is 0 Å². The molecule has 1 aliphatic heterocycles. The molecule has 3 rings (SSSR count). The van der Waals surface area contributed by atoms with Crippen LogP contribution in [0, 0.1) is 16.7 Å². The fraction of sp³-hybridized carbons (Fsp3) is 0.333. The first-order valence-electron chi connectivity index (χ1n) is 7.59. The molecule has 0 bridgehead atoms. The predicted molar refractivity (Wildman–Crippen MR) is 85.5 cm³/mol. The summed E-state index contributed by atoms with van der Waals surface area (Å²) < 4.78 is 5.58. The number of phenols is 2. The van der Waals surface area contributed by atoms with Gasteiger partial charge in [-0.2, -0.15) is 5.26 Å². The van der Waals surface area contributed by atoms with Crippen molar-refractivity contribution in [2.24, 2.45) is 11.1 Å². The quantitative estimate of drug-likeness (QED) is 0.730. The van der Waals surface area contributed by atoms with E-state index in [-0.39, 0.29) is 34.2 Å². The minimum absolute atomic E-state index is 0.0563. The molecular weight excluding hydrogens is 308 g/mol. The number of nitrogens with zero attached hydrogens (tertiary/aromatic N) is 1. The van der Waals surface area contributed by atoms with E-state index in [1.807, 2.05) is 19.9 Å². The van der Waals surface area contributed by atoms with Crippen molar-refractivity contribution in [2.45, 2.75) is 32.6 Å². The Morgan fingerprint density at radius 2 is 2.04 bits per heavy atom. The summed E-state index contributed by atoms with van der Waals surface area (Å²) in [5.41, 5.74) is 6.43. The van der Waals surface area contributed by atoms with Gasteiger partial charge in [0.2, 0.25) is 5.88 Å². The molecule has 0 amide bonds.